The third-order valence-electron chi connectivity index (χ3n) is 24.9. The smallest absolute Gasteiger partial charge is 0.164 e. The van der Waals surface area contributed by atoms with E-state index in [1.54, 1.807) is 0 Å². The Labute approximate surface area is 754 Å². The molecule has 0 saturated heterocycles. The van der Waals surface area contributed by atoms with Crippen LogP contribution in [0, 0.1) is 0 Å². The molecular formula is C122H83N7O. The first-order valence-electron chi connectivity index (χ1n) is 44.0. The van der Waals surface area contributed by atoms with Crippen LogP contribution in [0.15, 0.2) is 472 Å². The van der Waals surface area contributed by atoms with Crippen LogP contribution in [0.3, 0.4) is 0 Å². The molecule has 0 amide bonds. The van der Waals surface area contributed by atoms with Crippen molar-refractivity contribution in [1.29, 1.82) is 0 Å². The summed E-state index contributed by atoms with van der Waals surface area (Å²) >= 11 is 0. The van der Waals surface area contributed by atoms with Crippen molar-refractivity contribution in [3.8, 4) is 169 Å². The maximum atomic E-state index is 6.70. The van der Waals surface area contributed by atoms with E-state index in [0.717, 1.165) is 117 Å². The van der Waals surface area contributed by atoms with Gasteiger partial charge in [0.05, 0.1) is 22.8 Å². The van der Waals surface area contributed by atoms with E-state index in [2.05, 4.69) is 372 Å². The number of rotatable bonds is 14. The fraction of sp³-hybridized carbons (Fsp3) is 0.0246. The molecule has 130 heavy (non-hydrogen) atoms. The zero-order valence-electron chi connectivity index (χ0n) is 71.5. The van der Waals surface area contributed by atoms with E-state index in [-0.39, 0.29) is 5.41 Å². The second-order valence-corrected chi connectivity index (χ2v) is 33.4. The summed E-state index contributed by atoms with van der Waals surface area (Å²) in [6.45, 7) is 4.63. The summed E-state index contributed by atoms with van der Waals surface area (Å²) in [5.74, 6) is 3.35. The third-order valence-corrected chi connectivity index (χ3v) is 24.9. The molecule has 24 rings (SSSR count). The Bertz CT molecular complexity index is 8040. The molecule has 1 aliphatic rings. The van der Waals surface area contributed by atoms with Gasteiger partial charge in [-0.05, 0) is 153 Å². The summed E-state index contributed by atoms with van der Waals surface area (Å²) in [5.41, 5.74) is 31.2. The second kappa shape index (κ2) is 34.5. The summed E-state index contributed by atoms with van der Waals surface area (Å²) in [4.78, 5) is 35.0. The second-order valence-electron chi connectivity index (χ2n) is 33.4. The van der Waals surface area contributed by atoms with Gasteiger partial charge in [-0.25, -0.2) is 34.9 Å². The van der Waals surface area contributed by atoms with Gasteiger partial charge in [0, 0.05) is 71.8 Å². The summed E-state index contributed by atoms with van der Waals surface area (Å²) in [7, 11) is 0. The normalized spacial score (nSPS) is 11.8. The topological polar surface area (TPSA) is 103 Å². The fourth-order valence-corrected chi connectivity index (χ4v) is 18.4. The largest absolute Gasteiger partial charge is 0.455 e. The molecule has 23 aromatic rings. The molecule has 0 unspecified atom stereocenters. The van der Waals surface area contributed by atoms with Gasteiger partial charge >= 0.3 is 0 Å². The predicted molar refractivity (Wildman–Crippen MR) is 537 cm³/mol. The first-order chi connectivity index (χ1) is 64.2. The van der Waals surface area contributed by atoms with Crippen molar-refractivity contribution < 1.29 is 4.42 Å². The van der Waals surface area contributed by atoms with Crippen molar-refractivity contribution >= 4 is 54.3 Å². The molecule has 4 heterocycles. The van der Waals surface area contributed by atoms with Gasteiger partial charge in [-0.15, -0.1) is 0 Å². The zero-order chi connectivity index (χ0) is 86.9. The summed E-state index contributed by atoms with van der Waals surface area (Å²) < 4.78 is 6.70. The van der Waals surface area contributed by atoms with E-state index >= 15 is 0 Å². The van der Waals surface area contributed by atoms with Crippen LogP contribution in [-0.4, -0.2) is 34.9 Å². The molecule has 612 valence electrons. The van der Waals surface area contributed by atoms with Crippen LogP contribution < -0.4 is 0 Å². The standard InChI is InChI=1S/C44H30N2.C42H29N3O.C36H24N2/c1-3-12-31(13-4-1)32-24-26-35(27-25-32)43-30-42(34-15-5-2-6-16-34)45-44(46-43)39-21-10-19-37(29-39)36-18-9-20-38(28-36)41-23-11-17-33-14-7-8-22-40(33)41;1-42(2)33-22-10-9-19-31(33)36-34(42)23-24-35-37(36)32-21-12-20-30(38(32)46-35)28-17-11-18-29(25-28)41-44-39(26-13-5-3-6-14-26)43-40(45-41)27-15-7-4-8-16-27;1-3-12-25(13-4-1)34-24-35(38-36(37-34)26-14-5-2-6-15-26)29-18-11-17-27(22-29)33-23-28-16-7-8-19-30(28)31-20-9-10-21-32(31)33/h1-30H;3-25H,1-2H3;1-24H. The molecule has 0 atom stereocenters. The number of para-hydroxylation sites is 1. The predicted octanol–water partition coefficient (Wildman–Crippen LogP) is 31.8. The van der Waals surface area contributed by atoms with Crippen LogP contribution >= 0.6 is 0 Å². The third kappa shape index (κ3) is 15.5. The average Bonchev–Trinajstić information content (AvgIpc) is 1.55. The summed E-state index contributed by atoms with van der Waals surface area (Å²) in [6, 6.07) is 163. The molecule has 4 aromatic heterocycles. The molecule has 0 aliphatic heterocycles. The Hall–Kier alpha value is -17.1. The van der Waals surface area contributed by atoms with Gasteiger partial charge in [0.1, 0.15) is 11.2 Å². The minimum absolute atomic E-state index is 0.0720. The number of hydrogen-bond donors (Lipinski definition) is 0. The number of fused-ring (bicyclic) bond motifs is 11. The molecule has 0 radical (unpaired) electrons. The minimum Gasteiger partial charge on any atom is -0.455 e. The molecule has 0 bridgehead atoms. The highest BCUT2D eigenvalue weighted by Crippen LogP contribution is 2.54. The zero-order valence-corrected chi connectivity index (χ0v) is 71.5. The van der Waals surface area contributed by atoms with Gasteiger partial charge in [-0.1, -0.05) is 432 Å². The van der Waals surface area contributed by atoms with E-state index in [1.807, 2.05) is 109 Å². The van der Waals surface area contributed by atoms with E-state index in [4.69, 9.17) is 39.3 Å². The number of hydrogen-bond acceptors (Lipinski definition) is 8. The van der Waals surface area contributed by atoms with E-state index in [1.165, 1.54) is 93.3 Å². The van der Waals surface area contributed by atoms with Crippen LogP contribution in [0.1, 0.15) is 25.0 Å². The maximum Gasteiger partial charge on any atom is 0.164 e. The molecule has 0 N–H and O–H groups in total. The molecule has 0 saturated carbocycles. The van der Waals surface area contributed by atoms with Gasteiger partial charge in [-0.3, -0.25) is 0 Å². The van der Waals surface area contributed by atoms with Crippen molar-refractivity contribution in [3.05, 3.63) is 478 Å². The molecular weight excluding hydrogens is 1580 g/mol. The van der Waals surface area contributed by atoms with Crippen LogP contribution in [-0.2, 0) is 5.41 Å². The minimum atomic E-state index is -0.0720. The lowest BCUT2D eigenvalue weighted by atomic mass is 9.82. The molecule has 8 nitrogen and oxygen atoms in total. The summed E-state index contributed by atoms with van der Waals surface area (Å²) in [5, 5.41) is 9.85. The average molecular weight is 1660 g/mol. The monoisotopic (exact) mass is 1660 g/mol. The van der Waals surface area contributed by atoms with E-state index in [9.17, 15) is 0 Å². The van der Waals surface area contributed by atoms with E-state index < -0.39 is 0 Å². The van der Waals surface area contributed by atoms with Crippen LogP contribution in [0.4, 0.5) is 0 Å². The van der Waals surface area contributed by atoms with Gasteiger partial charge in [0.15, 0.2) is 29.1 Å². The quantitative estimate of drug-likeness (QED) is 0.0992. The Morgan fingerprint density at radius 1 is 0.185 bits per heavy atom. The van der Waals surface area contributed by atoms with Gasteiger partial charge < -0.3 is 4.42 Å². The van der Waals surface area contributed by atoms with Crippen LogP contribution in [0.2, 0.25) is 0 Å². The van der Waals surface area contributed by atoms with Crippen LogP contribution in [0.25, 0.3) is 223 Å². The molecule has 0 fully saturated rings. The molecule has 0 spiro atoms. The first-order valence-corrected chi connectivity index (χ1v) is 44.0. The van der Waals surface area contributed by atoms with Crippen molar-refractivity contribution in [1.82, 2.24) is 34.9 Å². The Morgan fingerprint density at radius 2 is 0.523 bits per heavy atom. The van der Waals surface area contributed by atoms with Gasteiger partial charge in [0.25, 0.3) is 0 Å². The SMILES string of the molecule is CC1(C)c2ccccc2-c2c1ccc1oc3c(-c4cccc(-c5nc(-c6ccccc6)nc(-c6ccccc6)n5)c4)cccc3c21.c1ccc(-c2cc(-c3cccc(-c4cc5ccccc5c5ccccc45)c3)nc(-c3ccccc3)n2)cc1.c1ccc(-c2ccc(-c3cc(-c4ccccc4)nc(-c4cccc(-c5cccc(-c6cccc7ccccc67)c5)c4)n3)cc2)cc1. The number of furan rings is 1. The summed E-state index contributed by atoms with van der Waals surface area (Å²) in [6.07, 6.45) is 0. The van der Waals surface area contributed by atoms with Gasteiger partial charge in [-0.2, -0.15) is 0 Å². The lowest BCUT2D eigenvalue weighted by Gasteiger charge is -2.21. The molecule has 19 aromatic carbocycles. The Morgan fingerprint density at radius 3 is 1.11 bits per heavy atom. The number of nitrogens with zero attached hydrogens (tertiary/aromatic N) is 7. The van der Waals surface area contributed by atoms with Crippen molar-refractivity contribution in [2.75, 3.05) is 0 Å². The highest BCUT2D eigenvalue weighted by molar-refractivity contribution is 6.18. The lowest BCUT2D eigenvalue weighted by molar-refractivity contribution is 0.657. The molecule has 1 aliphatic carbocycles. The van der Waals surface area contributed by atoms with Crippen molar-refractivity contribution in [3.63, 3.8) is 0 Å². The molecule has 8 heteroatoms. The Balaban J connectivity index is 0.000000115. The highest BCUT2D eigenvalue weighted by atomic mass is 16.3. The van der Waals surface area contributed by atoms with Crippen molar-refractivity contribution in [2.24, 2.45) is 0 Å². The number of benzene rings is 19. The van der Waals surface area contributed by atoms with Crippen LogP contribution in [0.5, 0.6) is 0 Å². The van der Waals surface area contributed by atoms with Gasteiger partial charge in [0.2, 0.25) is 0 Å². The van der Waals surface area contributed by atoms with E-state index in [0.29, 0.717) is 23.3 Å². The Kier molecular flexibility index (Phi) is 20.9. The van der Waals surface area contributed by atoms with Crippen molar-refractivity contribution in [2.45, 2.75) is 19.3 Å². The maximum absolute atomic E-state index is 6.70. The number of aromatic nitrogens is 7. The lowest BCUT2D eigenvalue weighted by Crippen LogP contribution is -2.14. The fourth-order valence-electron chi connectivity index (χ4n) is 18.4. The first kappa shape index (κ1) is 78.9. The highest BCUT2D eigenvalue weighted by Gasteiger charge is 2.37.